The highest BCUT2D eigenvalue weighted by atomic mass is 16.1. The normalized spacial score (nSPS) is 12.2. The van der Waals surface area contributed by atoms with Gasteiger partial charge in [-0.05, 0) is 26.8 Å². The SMILES string of the molecule is CC(C)(C)n1[nH]c2cnccc2c1=O. The summed E-state index contributed by atoms with van der Waals surface area (Å²) in [5.74, 6) is 0. The molecule has 0 aliphatic rings. The molecule has 4 heteroatoms. The van der Waals surface area contributed by atoms with Crippen LogP contribution in [-0.2, 0) is 5.54 Å². The van der Waals surface area contributed by atoms with Crippen molar-refractivity contribution in [3.63, 3.8) is 0 Å². The van der Waals surface area contributed by atoms with Crippen LogP contribution in [0.5, 0.6) is 0 Å². The minimum atomic E-state index is -0.226. The molecule has 0 atom stereocenters. The lowest BCUT2D eigenvalue weighted by atomic mass is 10.1. The van der Waals surface area contributed by atoms with Gasteiger partial charge in [-0.15, -0.1) is 0 Å². The summed E-state index contributed by atoms with van der Waals surface area (Å²) < 4.78 is 1.62. The molecule has 1 N–H and O–H groups in total. The third kappa shape index (κ3) is 1.23. The maximum absolute atomic E-state index is 11.9. The summed E-state index contributed by atoms with van der Waals surface area (Å²) in [6.45, 7) is 5.95. The molecule has 2 rings (SSSR count). The number of rotatable bonds is 0. The zero-order chi connectivity index (χ0) is 10.3. The Bertz CT molecular complexity index is 516. The molecule has 0 spiro atoms. The minimum absolute atomic E-state index is 0.00917. The number of aromatic nitrogens is 3. The van der Waals surface area contributed by atoms with E-state index in [0.29, 0.717) is 5.39 Å². The van der Waals surface area contributed by atoms with E-state index in [2.05, 4.69) is 10.1 Å². The largest absolute Gasteiger partial charge is 0.293 e. The Kier molecular flexibility index (Phi) is 1.74. The van der Waals surface area contributed by atoms with Gasteiger partial charge in [0.05, 0.1) is 22.6 Å². The van der Waals surface area contributed by atoms with E-state index in [9.17, 15) is 4.79 Å². The van der Waals surface area contributed by atoms with E-state index in [-0.39, 0.29) is 11.1 Å². The van der Waals surface area contributed by atoms with Crippen molar-refractivity contribution < 1.29 is 0 Å². The van der Waals surface area contributed by atoms with E-state index in [1.807, 2.05) is 20.8 Å². The molecular formula is C10H13N3O. The maximum Gasteiger partial charge on any atom is 0.274 e. The predicted molar refractivity (Wildman–Crippen MR) is 55.3 cm³/mol. The monoisotopic (exact) mass is 191 g/mol. The number of nitrogens with zero attached hydrogens (tertiary/aromatic N) is 2. The zero-order valence-corrected chi connectivity index (χ0v) is 8.53. The van der Waals surface area contributed by atoms with Crippen LogP contribution in [0.4, 0.5) is 0 Å². The first kappa shape index (κ1) is 8.99. The van der Waals surface area contributed by atoms with Gasteiger partial charge < -0.3 is 0 Å². The molecule has 14 heavy (non-hydrogen) atoms. The van der Waals surface area contributed by atoms with Gasteiger partial charge in [-0.25, -0.2) is 4.68 Å². The summed E-state index contributed by atoms with van der Waals surface area (Å²) in [5, 5.41) is 3.74. The molecule has 0 saturated heterocycles. The molecule has 2 aromatic heterocycles. The molecule has 0 amide bonds. The fraction of sp³-hybridized carbons (Fsp3) is 0.400. The highest BCUT2D eigenvalue weighted by molar-refractivity contribution is 5.76. The molecule has 2 aromatic rings. The number of H-pyrrole nitrogens is 1. The second kappa shape index (κ2) is 2.70. The van der Waals surface area contributed by atoms with Crippen LogP contribution in [0.15, 0.2) is 23.3 Å². The van der Waals surface area contributed by atoms with Crippen molar-refractivity contribution in [3.05, 3.63) is 28.8 Å². The van der Waals surface area contributed by atoms with Gasteiger partial charge >= 0.3 is 0 Å². The quantitative estimate of drug-likeness (QED) is 0.685. The fourth-order valence-electron chi connectivity index (χ4n) is 1.43. The summed E-state index contributed by atoms with van der Waals surface area (Å²) >= 11 is 0. The second-order valence-corrected chi connectivity index (χ2v) is 4.34. The molecule has 2 heterocycles. The Morgan fingerprint density at radius 1 is 1.43 bits per heavy atom. The number of hydrogen-bond donors (Lipinski definition) is 1. The van der Waals surface area contributed by atoms with Gasteiger partial charge in [-0.2, -0.15) is 0 Å². The van der Waals surface area contributed by atoms with E-state index < -0.39 is 0 Å². The van der Waals surface area contributed by atoms with Crippen LogP contribution in [0, 0.1) is 0 Å². The van der Waals surface area contributed by atoms with Crippen molar-refractivity contribution in [1.82, 2.24) is 14.8 Å². The van der Waals surface area contributed by atoms with Crippen molar-refractivity contribution in [1.29, 1.82) is 0 Å². The number of nitrogens with one attached hydrogen (secondary N) is 1. The Balaban J connectivity index is 2.82. The lowest BCUT2D eigenvalue weighted by Crippen LogP contribution is -2.32. The van der Waals surface area contributed by atoms with Gasteiger partial charge in [0, 0.05) is 6.20 Å². The van der Waals surface area contributed by atoms with E-state index in [1.54, 1.807) is 23.1 Å². The standard InChI is InChI=1S/C10H13N3O/c1-10(2,3)13-9(14)7-4-5-11-6-8(7)12-13/h4-6,12H,1-3H3. The van der Waals surface area contributed by atoms with Gasteiger partial charge in [0.15, 0.2) is 0 Å². The van der Waals surface area contributed by atoms with Crippen LogP contribution < -0.4 is 5.56 Å². The van der Waals surface area contributed by atoms with Gasteiger partial charge in [0.1, 0.15) is 0 Å². The molecule has 0 aliphatic heterocycles. The van der Waals surface area contributed by atoms with Crippen LogP contribution in [0.3, 0.4) is 0 Å². The van der Waals surface area contributed by atoms with Crippen LogP contribution in [0.25, 0.3) is 10.9 Å². The predicted octanol–water partition coefficient (Wildman–Crippen LogP) is 1.48. The average Bonchev–Trinajstić information content (AvgIpc) is 2.44. The van der Waals surface area contributed by atoms with Crippen LogP contribution >= 0.6 is 0 Å². The molecule has 74 valence electrons. The molecule has 0 saturated carbocycles. The molecule has 0 aliphatic carbocycles. The summed E-state index contributed by atoms with van der Waals surface area (Å²) in [6.07, 6.45) is 3.30. The average molecular weight is 191 g/mol. The highest BCUT2D eigenvalue weighted by Gasteiger charge is 2.17. The number of hydrogen-bond acceptors (Lipinski definition) is 2. The molecule has 0 unspecified atom stereocenters. The van der Waals surface area contributed by atoms with Crippen molar-refractivity contribution in [2.75, 3.05) is 0 Å². The van der Waals surface area contributed by atoms with Crippen molar-refractivity contribution in [2.24, 2.45) is 0 Å². The van der Waals surface area contributed by atoms with Gasteiger partial charge in [0.25, 0.3) is 5.56 Å². The van der Waals surface area contributed by atoms with E-state index in [1.165, 1.54) is 0 Å². The van der Waals surface area contributed by atoms with Crippen molar-refractivity contribution >= 4 is 10.9 Å². The van der Waals surface area contributed by atoms with E-state index >= 15 is 0 Å². The Morgan fingerprint density at radius 2 is 2.14 bits per heavy atom. The van der Waals surface area contributed by atoms with Crippen LogP contribution in [0.2, 0.25) is 0 Å². The van der Waals surface area contributed by atoms with Crippen molar-refractivity contribution in [3.8, 4) is 0 Å². The Hall–Kier alpha value is -1.58. The van der Waals surface area contributed by atoms with Crippen LogP contribution in [0.1, 0.15) is 20.8 Å². The van der Waals surface area contributed by atoms with E-state index in [0.717, 1.165) is 5.52 Å². The fourth-order valence-corrected chi connectivity index (χ4v) is 1.43. The molecule has 0 radical (unpaired) electrons. The number of aromatic amines is 1. The first-order valence-electron chi connectivity index (χ1n) is 4.55. The number of pyridine rings is 1. The third-order valence-electron chi connectivity index (χ3n) is 2.16. The molecule has 0 aromatic carbocycles. The molecule has 4 nitrogen and oxygen atoms in total. The maximum atomic E-state index is 11.9. The summed E-state index contributed by atoms with van der Waals surface area (Å²) in [4.78, 5) is 15.8. The topological polar surface area (TPSA) is 50.7 Å². The second-order valence-electron chi connectivity index (χ2n) is 4.34. The Morgan fingerprint density at radius 3 is 2.71 bits per heavy atom. The lowest BCUT2D eigenvalue weighted by molar-refractivity contribution is 0.348. The molecule has 0 fully saturated rings. The summed E-state index contributed by atoms with van der Waals surface area (Å²) in [7, 11) is 0. The number of fused-ring (bicyclic) bond motifs is 1. The van der Waals surface area contributed by atoms with Gasteiger partial charge in [-0.3, -0.25) is 14.9 Å². The minimum Gasteiger partial charge on any atom is -0.293 e. The smallest absolute Gasteiger partial charge is 0.274 e. The lowest BCUT2D eigenvalue weighted by Gasteiger charge is -2.18. The van der Waals surface area contributed by atoms with Crippen LogP contribution in [-0.4, -0.2) is 14.8 Å². The zero-order valence-electron chi connectivity index (χ0n) is 8.53. The molecule has 0 bridgehead atoms. The highest BCUT2D eigenvalue weighted by Crippen LogP contribution is 2.12. The van der Waals surface area contributed by atoms with Gasteiger partial charge in [0.2, 0.25) is 0 Å². The third-order valence-corrected chi connectivity index (χ3v) is 2.16. The Labute approximate surface area is 81.6 Å². The van der Waals surface area contributed by atoms with E-state index in [4.69, 9.17) is 0 Å². The first-order chi connectivity index (χ1) is 6.50. The molecular weight excluding hydrogens is 178 g/mol. The summed E-state index contributed by atoms with van der Waals surface area (Å²) in [5.41, 5.74) is 0.568. The van der Waals surface area contributed by atoms with Gasteiger partial charge in [-0.1, -0.05) is 0 Å². The summed E-state index contributed by atoms with van der Waals surface area (Å²) in [6, 6.07) is 1.73. The first-order valence-corrected chi connectivity index (χ1v) is 4.55. The van der Waals surface area contributed by atoms with Crippen molar-refractivity contribution in [2.45, 2.75) is 26.3 Å².